The largest absolute Gasteiger partial charge is 2.00 e. The Kier molecular flexibility index (Phi) is 8.09. The zero-order valence-corrected chi connectivity index (χ0v) is 11.4. The van der Waals surface area contributed by atoms with Crippen molar-refractivity contribution in [3.63, 3.8) is 0 Å². The number of hydrogen-bond donors (Lipinski definition) is 2. The minimum Gasteiger partial charge on any atom is -0.868 e. The van der Waals surface area contributed by atoms with Gasteiger partial charge in [0.15, 0.2) is 10.9 Å². The molecule has 2 N–H and O–H groups in total. The van der Waals surface area contributed by atoms with Gasteiger partial charge >= 0.3 is 16.8 Å². The van der Waals surface area contributed by atoms with E-state index >= 15 is 0 Å². The molecule has 2 aromatic rings. The van der Waals surface area contributed by atoms with Crippen LogP contribution in [0.3, 0.4) is 0 Å². The topological polar surface area (TPSA) is 147 Å². The Morgan fingerprint density at radius 1 is 0.857 bits per heavy atom. The van der Waals surface area contributed by atoms with Gasteiger partial charge in [0.05, 0.1) is 12.5 Å². The molecule has 9 heteroatoms. The van der Waals surface area contributed by atoms with Crippen LogP contribution >= 0.6 is 0 Å². The zero-order chi connectivity index (χ0) is 15.1. The van der Waals surface area contributed by atoms with E-state index < -0.39 is 22.4 Å². The van der Waals surface area contributed by atoms with Crippen LogP contribution in [0, 0.1) is 0 Å². The molecule has 0 aliphatic heterocycles. The van der Waals surface area contributed by atoms with E-state index in [-0.39, 0.29) is 41.5 Å². The van der Waals surface area contributed by atoms with Gasteiger partial charge in [-0.2, -0.15) is 0 Å². The summed E-state index contributed by atoms with van der Waals surface area (Å²) in [5, 5.41) is 37.6. The fraction of sp³-hybridized carbons (Fsp3) is 0.167. The van der Waals surface area contributed by atoms with Gasteiger partial charge in [0.2, 0.25) is 0 Å². The van der Waals surface area contributed by atoms with E-state index in [0.717, 1.165) is 24.7 Å². The summed E-state index contributed by atoms with van der Waals surface area (Å²) in [5.41, 5.74) is -1.31. The normalized spacial score (nSPS) is 9.24. The zero-order valence-electron chi connectivity index (χ0n) is 10.4. The van der Waals surface area contributed by atoms with Crippen molar-refractivity contribution in [3.8, 4) is 11.5 Å². The second-order valence-electron chi connectivity index (χ2n) is 3.47. The Morgan fingerprint density at radius 2 is 1.19 bits per heavy atom. The summed E-state index contributed by atoms with van der Waals surface area (Å²) >= 11 is 0. The maximum atomic E-state index is 10.5. The average Bonchev–Trinajstić information content (AvgIpc) is 2.45. The number of aliphatic hydroxyl groups excluding tert-OH is 2. The molecule has 0 aromatic carbocycles. The van der Waals surface area contributed by atoms with Crippen LogP contribution in [0.25, 0.3) is 0 Å². The molecule has 2 aromatic heterocycles. The molecular formula is C12H10CoO8. The van der Waals surface area contributed by atoms with Gasteiger partial charge in [-0.15, -0.1) is 0 Å². The molecule has 0 bridgehead atoms. The van der Waals surface area contributed by atoms with Crippen LogP contribution in [-0.4, -0.2) is 10.2 Å². The van der Waals surface area contributed by atoms with Crippen molar-refractivity contribution < 1.29 is 46.0 Å². The molecule has 0 spiro atoms. The summed E-state index contributed by atoms with van der Waals surface area (Å²) in [7, 11) is 0. The van der Waals surface area contributed by atoms with Crippen molar-refractivity contribution in [1.82, 2.24) is 0 Å². The summed E-state index contributed by atoms with van der Waals surface area (Å²) in [4.78, 5) is 21.0. The molecule has 2 rings (SSSR count). The first-order chi connectivity index (χ1) is 9.47. The van der Waals surface area contributed by atoms with Gasteiger partial charge in [0.1, 0.15) is 24.7 Å². The van der Waals surface area contributed by atoms with Crippen molar-refractivity contribution in [2.24, 2.45) is 0 Å². The van der Waals surface area contributed by atoms with Gasteiger partial charge in [0, 0.05) is 12.1 Å². The minimum absolute atomic E-state index is 0. The maximum absolute atomic E-state index is 10.5. The summed E-state index contributed by atoms with van der Waals surface area (Å²) in [6.45, 7) is -0.731. The predicted molar refractivity (Wildman–Crippen MR) is 60.7 cm³/mol. The third-order valence-corrected chi connectivity index (χ3v) is 2.02. The Hall–Kier alpha value is -2.07. The first-order valence-corrected chi connectivity index (χ1v) is 5.27. The van der Waals surface area contributed by atoms with Crippen molar-refractivity contribution in [1.29, 1.82) is 0 Å². The van der Waals surface area contributed by atoms with E-state index in [0.29, 0.717) is 0 Å². The Morgan fingerprint density at radius 3 is 1.43 bits per heavy atom. The van der Waals surface area contributed by atoms with Gasteiger partial charge in [-0.05, 0) is 11.5 Å². The summed E-state index contributed by atoms with van der Waals surface area (Å²) in [6.07, 6.45) is 1.57. The summed E-state index contributed by atoms with van der Waals surface area (Å²) in [5.74, 6) is -1.19. The third kappa shape index (κ3) is 5.83. The van der Waals surface area contributed by atoms with Gasteiger partial charge in [0.25, 0.3) is 0 Å². The average molecular weight is 341 g/mol. The monoisotopic (exact) mass is 341 g/mol. The molecule has 0 fully saturated rings. The summed E-state index contributed by atoms with van der Waals surface area (Å²) in [6, 6.07) is 1.95. The fourth-order valence-corrected chi connectivity index (χ4v) is 1.04. The molecule has 0 aliphatic rings. The standard InChI is InChI=1S/2C6H6O4.Co/c2*7-2-4-1-5(8)6(9)3-10-4;/h2*1,3,7,9H,2H2;/q;;+2/p-2. The van der Waals surface area contributed by atoms with E-state index in [4.69, 9.17) is 10.2 Å². The molecule has 0 saturated carbocycles. The van der Waals surface area contributed by atoms with Crippen LogP contribution in [0.5, 0.6) is 11.5 Å². The van der Waals surface area contributed by atoms with Gasteiger partial charge in [-0.3, -0.25) is 9.59 Å². The molecular weight excluding hydrogens is 331 g/mol. The van der Waals surface area contributed by atoms with E-state index in [1.807, 2.05) is 0 Å². The van der Waals surface area contributed by atoms with E-state index in [1.54, 1.807) is 0 Å². The van der Waals surface area contributed by atoms with Crippen LogP contribution in [-0.2, 0) is 30.0 Å². The van der Waals surface area contributed by atoms with Crippen LogP contribution < -0.4 is 21.1 Å². The number of rotatable bonds is 2. The first-order valence-electron chi connectivity index (χ1n) is 5.27. The Bertz CT molecular complexity index is 616. The summed E-state index contributed by atoms with van der Waals surface area (Å²) < 4.78 is 9.05. The molecule has 21 heavy (non-hydrogen) atoms. The van der Waals surface area contributed by atoms with Gasteiger partial charge in [-0.1, -0.05) is 0 Å². The van der Waals surface area contributed by atoms with Crippen molar-refractivity contribution in [2.75, 3.05) is 0 Å². The number of hydrogen-bond acceptors (Lipinski definition) is 8. The molecule has 0 unspecified atom stereocenters. The Labute approximate surface area is 128 Å². The molecule has 115 valence electrons. The molecule has 1 radical (unpaired) electrons. The molecule has 0 saturated heterocycles. The minimum atomic E-state index is -0.697. The Balaban J connectivity index is 0.000000364. The van der Waals surface area contributed by atoms with Gasteiger partial charge < -0.3 is 29.3 Å². The van der Waals surface area contributed by atoms with Crippen molar-refractivity contribution >= 4 is 0 Å². The van der Waals surface area contributed by atoms with E-state index in [1.165, 1.54) is 0 Å². The fourth-order valence-electron chi connectivity index (χ4n) is 1.04. The van der Waals surface area contributed by atoms with Crippen LogP contribution in [0.1, 0.15) is 11.5 Å². The van der Waals surface area contributed by atoms with E-state index in [9.17, 15) is 19.8 Å². The quantitative estimate of drug-likeness (QED) is 0.664. The predicted octanol–water partition coefficient (Wildman–Crippen LogP) is -1.59. The first kappa shape index (κ1) is 18.9. The maximum Gasteiger partial charge on any atom is 2.00 e. The van der Waals surface area contributed by atoms with E-state index in [2.05, 4.69) is 8.83 Å². The molecule has 0 atom stereocenters. The van der Waals surface area contributed by atoms with Crippen LogP contribution in [0.15, 0.2) is 43.1 Å². The third-order valence-electron chi connectivity index (χ3n) is 2.02. The van der Waals surface area contributed by atoms with Crippen molar-refractivity contribution in [3.05, 3.63) is 56.6 Å². The molecule has 0 amide bonds. The molecule has 2 heterocycles. The smallest absolute Gasteiger partial charge is 0.868 e. The molecule has 0 aliphatic carbocycles. The van der Waals surface area contributed by atoms with Crippen LogP contribution in [0.4, 0.5) is 0 Å². The van der Waals surface area contributed by atoms with Crippen molar-refractivity contribution in [2.45, 2.75) is 13.2 Å². The second-order valence-corrected chi connectivity index (χ2v) is 3.47. The van der Waals surface area contributed by atoms with Crippen LogP contribution in [0.2, 0.25) is 0 Å². The van der Waals surface area contributed by atoms with Gasteiger partial charge in [-0.25, -0.2) is 0 Å². The second kappa shape index (κ2) is 8.97. The SMILES string of the molecule is O=c1cc(CO)occ1[O-].O=c1cc(CO)occ1[O-].[Co+2]. The number of aliphatic hydroxyl groups is 2. The molecule has 8 nitrogen and oxygen atoms in total.